The van der Waals surface area contributed by atoms with E-state index in [1.165, 1.54) is 6.07 Å². The van der Waals surface area contributed by atoms with E-state index in [1.807, 2.05) is 6.07 Å². The molecule has 0 atom stereocenters. The highest BCUT2D eigenvalue weighted by Gasteiger charge is 2.10. The van der Waals surface area contributed by atoms with E-state index < -0.39 is 0 Å². The molecule has 0 unspecified atom stereocenters. The first-order chi connectivity index (χ1) is 9.60. The predicted molar refractivity (Wildman–Crippen MR) is 78.2 cm³/mol. The fraction of sp³-hybridized carbons (Fsp3) is 0.0667. The summed E-state index contributed by atoms with van der Waals surface area (Å²) in [5, 5.41) is 11.9. The van der Waals surface area contributed by atoms with Crippen molar-refractivity contribution in [3.8, 4) is 6.07 Å². The zero-order chi connectivity index (χ0) is 14.5. The summed E-state index contributed by atoms with van der Waals surface area (Å²) in [6, 6.07) is 13.8. The van der Waals surface area contributed by atoms with Crippen molar-refractivity contribution in [1.29, 1.82) is 5.26 Å². The normalized spacial score (nSPS) is 9.80. The van der Waals surface area contributed by atoms with Crippen LogP contribution in [-0.2, 0) is 6.54 Å². The molecule has 0 spiro atoms. The number of nitrogens with zero attached hydrogens (tertiary/aromatic N) is 1. The van der Waals surface area contributed by atoms with Crippen LogP contribution in [0.5, 0.6) is 0 Å². The zero-order valence-electron chi connectivity index (χ0n) is 10.6. The molecule has 100 valence electrons. The third-order valence-electron chi connectivity index (χ3n) is 2.75. The zero-order valence-corrected chi connectivity index (χ0v) is 11.3. The van der Waals surface area contributed by atoms with E-state index in [2.05, 4.69) is 11.4 Å². The van der Waals surface area contributed by atoms with Crippen molar-refractivity contribution in [3.63, 3.8) is 0 Å². The summed E-state index contributed by atoms with van der Waals surface area (Å²) in [7, 11) is 0. The van der Waals surface area contributed by atoms with Gasteiger partial charge in [-0.1, -0.05) is 23.7 Å². The number of anilines is 1. The van der Waals surface area contributed by atoms with Crippen molar-refractivity contribution in [2.75, 3.05) is 5.73 Å². The highest BCUT2D eigenvalue weighted by Crippen LogP contribution is 2.19. The molecule has 0 aliphatic heterocycles. The second kappa shape index (κ2) is 6.09. The number of nitrogens with two attached hydrogens (primary N) is 1. The van der Waals surface area contributed by atoms with Crippen LogP contribution >= 0.6 is 11.6 Å². The molecule has 3 N–H and O–H groups in total. The van der Waals surface area contributed by atoms with Gasteiger partial charge in [-0.25, -0.2) is 0 Å². The lowest BCUT2D eigenvalue weighted by atomic mass is 10.1. The van der Waals surface area contributed by atoms with Crippen molar-refractivity contribution < 1.29 is 4.79 Å². The lowest BCUT2D eigenvalue weighted by Gasteiger charge is -2.07. The van der Waals surface area contributed by atoms with Crippen LogP contribution in [-0.4, -0.2) is 5.91 Å². The van der Waals surface area contributed by atoms with Crippen LogP contribution in [0.2, 0.25) is 5.02 Å². The van der Waals surface area contributed by atoms with E-state index >= 15 is 0 Å². The maximum Gasteiger partial charge on any atom is 0.253 e. The van der Waals surface area contributed by atoms with E-state index in [1.54, 1.807) is 30.3 Å². The lowest BCUT2D eigenvalue weighted by molar-refractivity contribution is 0.0951. The molecular formula is C15H12ClN3O. The Morgan fingerprint density at radius 1 is 1.30 bits per heavy atom. The maximum atomic E-state index is 12.0. The number of halogens is 1. The Bertz CT molecular complexity index is 692. The summed E-state index contributed by atoms with van der Waals surface area (Å²) < 4.78 is 0. The summed E-state index contributed by atoms with van der Waals surface area (Å²) in [5.74, 6) is -0.280. The van der Waals surface area contributed by atoms with Gasteiger partial charge < -0.3 is 11.1 Å². The van der Waals surface area contributed by atoms with Crippen LogP contribution in [0, 0.1) is 11.3 Å². The summed E-state index contributed by atoms with van der Waals surface area (Å²) in [6.07, 6.45) is 0. The van der Waals surface area contributed by atoms with Gasteiger partial charge in [0.05, 0.1) is 22.2 Å². The Kier molecular flexibility index (Phi) is 4.24. The van der Waals surface area contributed by atoms with Gasteiger partial charge in [-0.15, -0.1) is 0 Å². The molecule has 2 aromatic carbocycles. The Balaban J connectivity index is 2.07. The molecule has 0 aliphatic carbocycles. The number of carbonyl (C=O) groups excluding carboxylic acids is 1. The van der Waals surface area contributed by atoms with Gasteiger partial charge in [0.25, 0.3) is 5.91 Å². The van der Waals surface area contributed by atoms with Gasteiger partial charge in [-0.3, -0.25) is 4.79 Å². The Labute approximate surface area is 121 Å². The fourth-order valence-electron chi connectivity index (χ4n) is 1.74. The van der Waals surface area contributed by atoms with Crippen LogP contribution < -0.4 is 11.1 Å². The van der Waals surface area contributed by atoms with Crippen LogP contribution in [0.15, 0.2) is 42.5 Å². The first kappa shape index (κ1) is 13.9. The van der Waals surface area contributed by atoms with E-state index in [4.69, 9.17) is 22.6 Å². The molecule has 5 heteroatoms. The minimum atomic E-state index is -0.280. The van der Waals surface area contributed by atoms with Crippen molar-refractivity contribution in [2.45, 2.75) is 6.54 Å². The van der Waals surface area contributed by atoms with Gasteiger partial charge in [-0.2, -0.15) is 5.26 Å². The third-order valence-corrected chi connectivity index (χ3v) is 3.06. The second-order valence-corrected chi connectivity index (χ2v) is 4.64. The van der Waals surface area contributed by atoms with Crippen LogP contribution in [0.4, 0.5) is 5.69 Å². The molecular weight excluding hydrogens is 274 g/mol. The average molecular weight is 286 g/mol. The molecule has 20 heavy (non-hydrogen) atoms. The SMILES string of the molecule is N#Cc1cccc(CNC(=O)c2ccc(N)cc2Cl)c1. The second-order valence-electron chi connectivity index (χ2n) is 4.23. The first-order valence-corrected chi connectivity index (χ1v) is 6.30. The fourth-order valence-corrected chi connectivity index (χ4v) is 2.02. The molecule has 0 saturated carbocycles. The number of rotatable bonds is 3. The topological polar surface area (TPSA) is 78.9 Å². The van der Waals surface area contributed by atoms with Gasteiger partial charge in [-0.05, 0) is 35.9 Å². The number of carbonyl (C=O) groups is 1. The number of nitrogen functional groups attached to an aromatic ring is 1. The number of benzene rings is 2. The smallest absolute Gasteiger partial charge is 0.253 e. The quantitative estimate of drug-likeness (QED) is 0.851. The van der Waals surface area contributed by atoms with Crippen molar-refractivity contribution >= 4 is 23.2 Å². The lowest BCUT2D eigenvalue weighted by Crippen LogP contribution is -2.23. The molecule has 0 heterocycles. The van der Waals surface area contributed by atoms with Gasteiger partial charge >= 0.3 is 0 Å². The highest BCUT2D eigenvalue weighted by molar-refractivity contribution is 6.34. The Hall–Kier alpha value is -2.51. The minimum Gasteiger partial charge on any atom is -0.399 e. The Morgan fingerprint density at radius 2 is 2.10 bits per heavy atom. The summed E-state index contributed by atoms with van der Waals surface area (Å²) in [4.78, 5) is 12.0. The molecule has 1 amide bonds. The van der Waals surface area contributed by atoms with Crippen molar-refractivity contribution in [1.82, 2.24) is 5.32 Å². The maximum absolute atomic E-state index is 12.0. The average Bonchev–Trinajstić information content (AvgIpc) is 2.45. The number of nitrogens with one attached hydrogen (secondary N) is 1. The van der Waals surface area contributed by atoms with Crippen LogP contribution in [0.25, 0.3) is 0 Å². The van der Waals surface area contributed by atoms with Crippen molar-refractivity contribution in [3.05, 3.63) is 64.2 Å². The molecule has 0 aromatic heterocycles. The molecule has 0 saturated heterocycles. The van der Waals surface area contributed by atoms with E-state index in [0.717, 1.165) is 5.56 Å². The highest BCUT2D eigenvalue weighted by atomic mass is 35.5. The molecule has 2 rings (SSSR count). The molecule has 4 nitrogen and oxygen atoms in total. The standard InChI is InChI=1S/C15H12ClN3O/c16-14-7-12(18)4-5-13(14)15(20)19-9-11-3-1-2-10(6-11)8-17/h1-7H,9,18H2,(H,19,20). The van der Waals surface area contributed by atoms with Gasteiger partial charge in [0.1, 0.15) is 0 Å². The molecule has 0 aliphatic rings. The summed E-state index contributed by atoms with van der Waals surface area (Å²) >= 11 is 5.97. The molecule has 0 bridgehead atoms. The number of hydrogen-bond donors (Lipinski definition) is 2. The number of amides is 1. The summed E-state index contributed by atoms with van der Waals surface area (Å²) in [6.45, 7) is 0.328. The Morgan fingerprint density at radius 3 is 2.80 bits per heavy atom. The predicted octanol–water partition coefficient (Wildman–Crippen LogP) is 2.72. The molecule has 0 radical (unpaired) electrons. The number of nitriles is 1. The van der Waals surface area contributed by atoms with Crippen LogP contribution in [0.1, 0.15) is 21.5 Å². The molecule has 2 aromatic rings. The number of hydrogen-bond acceptors (Lipinski definition) is 3. The van der Waals surface area contributed by atoms with Gasteiger partial charge in [0, 0.05) is 12.2 Å². The van der Waals surface area contributed by atoms with Gasteiger partial charge in [0.15, 0.2) is 0 Å². The third kappa shape index (κ3) is 3.28. The van der Waals surface area contributed by atoms with E-state index in [-0.39, 0.29) is 5.91 Å². The van der Waals surface area contributed by atoms with Crippen molar-refractivity contribution in [2.24, 2.45) is 0 Å². The van der Waals surface area contributed by atoms with E-state index in [9.17, 15) is 4.79 Å². The molecule has 0 fully saturated rings. The minimum absolute atomic E-state index is 0.280. The summed E-state index contributed by atoms with van der Waals surface area (Å²) in [5.41, 5.74) is 7.87. The van der Waals surface area contributed by atoms with Gasteiger partial charge in [0.2, 0.25) is 0 Å². The first-order valence-electron chi connectivity index (χ1n) is 5.92. The largest absolute Gasteiger partial charge is 0.399 e. The monoisotopic (exact) mass is 285 g/mol. The van der Waals surface area contributed by atoms with Crippen LogP contribution in [0.3, 0.4) is 0 Å². The van der Waals surface area contributed by atoms with E-state index in [0.29, 0.717) is 28.4 Å².